The molecule has 0 saturated heterocycles. The van der Waals surface area contributed by atoms with Crippen molar-refractivity contribution in [2.24, 2.45) is 0 Å². The normalized spacial score (nSPS) is 16.5. The molecule has 0 aliphatic carbocycles. The summed E-state index contributed by atoms with van der Waals surface area (Å²) >= 11 is 0. The van der Waals surface area contributed by atoms with E-state index in [1.165, 1.54) is 24.1 Å². The summed E-state index contributed by atoms with van der Waals surface area (Å²) in [5.41, 5.74) is 2.89. The summed E-state index contributed by atoms with van der Waals surface area (Å²) in [5.74, 6) is 0. The lowest BCUT2D eigenvalue weighted by atomic mass is 10.1. The molecule has 0 unspecified atom stereocenters. The maximum Gasteiger partial charge on any atom is 0.0951 e. The van der Waals surface area contributed by atoms with Crippen LogP contribution >= 0.6 is 0 Å². The lowest BCUT2D eigenvalue weighted by Crippen LogP contribution is -2.22. The van der Waals surface area contributed by atoms with Crippen LogP contribution in [0.3, 0.4) is 0 Å². The molecule has 82 valence electrons. The monoisotopic (exact) mass is 205 g/mol. The van der Waals surface area contributed by atoms with Crippen molar-refractivity contribution in [2.45, 2.75) is 32.7 Å². The Labute approximate surface area is 91.2 Å². The number of aryl methyl sites for hydroxylation is 1. The zero-order valence-corrected chi connectivity index (χ0v) is 9.37. The molecule has 0 aromatic carbocycles. The molecule has 0 fully saturated rings. The largest absolute Gasteiger partial charge is 0.331 e. The van der Waals surface area contributed by atoms with Crippen LogP contribution in [-0.2, 0) is 13.0 Å². The van der Waals surface area contributed by atoms with Crippen LogP contribution in [0.4, 0.5) is 0 Å². The van der Waals surface area contributed by atoms with Gasteiger partial charge in [0.2, 0.25) is 0 Å². The van der Waals surface area contributed by atoms with Crippen molar-refractivity contribution >= 4 is 0 Å². The number of rotatable bonds is 4. The van der Waals surface area contributed by atoms with Crippen LogP contribution in [-0.4, -0.2) is 22.6 Å². The fourth-order valence-electron chi connectivity index (χ4n) is 1.99. The van der Waals surface area contributed by atoms with E-state index in [0.29, 0.717) is 0 Å². The molecule has 2 heterocycles. The molecule has 2 rings (SSSR count). The first-order chi connectivity index (χ1) is 7.40. The quantitative estimate of drug-likeness (QED) is 0.759. The van der Waals surface area contributed by atoms with Gasteiger partial charge >= 0.3 is 0 Å². The maximum absolute atomic E-state index is 4.23. The van der Waals surface area contributed by atoms with Crippen molar-refractivity contribution in [3.05, 3.63) is 29.9 Å². The van der Waals surface area contributed by atoms with E-state index in [-0.39, 0.29) is 0 Å². The van der Waals surface area contributed by atoms with Gasteiger partial charge in [0.25, 0.3) is 0 Å². The third-order valence-electron chi connectivity index (χ3n) is 2.84. The van der Waals surface area contributed by atoms with Gasteiger partial charge < -0.3 is 9.88 Å². The summed E-state index contributed by atoms with van der Waals surface area (Å²) in [6.07, 6.45) is 9.74. The number of nitrogens with one attached hydrogen (secondary N) is 1. The maximum atomic E-state index is 4.23. The van der Waals surface area contributed by atoms with Crippen LogP contribution < -0.4 is 5.32 Å². The molecular weight excluding hydrogens is 186 g/mol. The predicted molar refractivity (Wildman–Crippen MR) is 61.8 cm³/mol. The van der Waals surface area contributed by atoms with Crippen LogP contribution in [0.1, 0.15) is 25.5 Å². The van der Waals surface area contributed by atoms with E-state index in [2.05, 4.69) is 27.9 Å². The van der Waals surface area contributed by atoms with Crippen LogP contribution in [0, 0.1) is 0 Å². The van der Waals surface area contributed by atoms with E-state index in [9.17, 15) is 0 Å². The molecule has 1 aliphatic heterocycles. The first kappa shape index (κ1) is 10.4. The first-order valence-corrected chi connectivity index (χ1v) is 5.77. The van der Waals surface area contributed by atoms with Crippen LogP contribution in [0.25, 0.3) is 0 Å². The summed E-state index contributed by atoms with van der Waals surface area (Å²) in [6, 6.07) is 0. The summed E-state index contributed by atoms with van der Waals surface area (Å²) in [7, 11) is 0. The van der Waals surface area contributed by atoms with Gasteiger partial charge in [0.05, 0.1) is 6.33 Å². The number of aromatic nitrogens is 2. The van der Waals surface area contributed by atoms with Gasteiger partial charge in [-0.25, -0.2) is 4.98 Å². The molecule has 3 heteroatoms. The molecule has 0 spiro atoms. The highest BCUT2D eigenvalue weighted by atomic mass is 15.0. The van der Waals surface area contributed by atoms with Crippen LogP contribution in [0.2, 0.25) is 0 Å². The molecule has 0 amide bonds. The Hall–Kier alpha value is -1.09. The van der Waals surface area contributed by atoms with Crippen LogP contribution in [0.15, 0.2) is 24.2 Å². The average molecular weight is 205 g/mol. The lowest BCUT2D eigenvalue weighted by molar-refractivity contribution is 0.634. The highest BCUT2D eigenvalue weighted by molar-refractivity contribution is 5.10. The second-order valence-corrected chi connectivity index (χ2v) is 4.08. The van der Waals surface area contributed by atoms with Crippen LogP contribution in [0.5, 0.6) is 0 Å². The zero-order valence-electron chi connectivity index (χ0n) is 9.37. The Bertz CT molecular complexity index is 338. The SMILES string of the molecule is CCCc1cncn1CC1=CCNCC1. The summed E-state index contributed by atoms with van der Waals surface area (Å²) < 4.78 is 2.28. The Morgan fingerprint density at radius 2 is 2.47 bits per heavy atom. The van der Waals surface area contributed by atoms with Crippen molar-refractivity contribution in [3.8, 4) is 0 Å². The van der Waals surface area contributed by atoms with Crippen molar-refractivity contribution in [3.63, 3.8) is 0 Å². The predicted octanol–water partition coefficient (Wildman–Crippen LogP) is 1.76. The van der Waals surface area contributed by atoms with E-state index < -0.39 is 0 Å². The topological polar surface area (TPSA) is 29.9 Å². The molecule has 1 aromatic rings. The minimum Gasteiger partial charge on any atom is -0.331 e. The molecule has 0 atom stereocenters. The summed E-state index contributed by atoms with van der Waals surface area (Å²) in [6.45, 7) is 5.37. The molecule has 1 aliphatic rings. The highest BCUT2D eigenvalue weighted by Gasteiger charge is 2.06. The third-order valence-corrected chi connectivity index (χ3v) is 2.84. The molecule has 0 saturated carbocycles. The van der Waals surface area contributed by atoms with Gasteiger partial charge in [0.15, 0.2) is 0 Å². The summed E-state index contributed by atoms with van der Waals surface area (Å²) in [5, 5.41) is 3.33. The molecule has 0 radical (unpaired) electrons. The Morgan fingerprint density at radius 1 is 1.53 bits per heavy atom. The van der Waals surface area contributed by atoms with Gasteiger partial charge in [-0.15, -0.1) is 0 Å². The van der Waals surface area contributed by atoms with Gasteiger partial charge in [-0.05, 0) is 19.4 Å². The fraction of sp³-hybridized carbons (Fsp3) is 0.583. The standard InChI is InChI=1S/C12H19N3/c1-2-3-12-8-14-10-15(12)9-11-4-6-13-7-5-11/h4,8,10,13H,2-3,5-7,9H2,1H3. The Balaban J connectivity index is 2.02. The molecular formula is C12H19N3. The lowest BCUT2D eigenvalue weighted by Gasteiger charge is -2.15. The minimum absolute atomic E-state index is 1.02. The van der Waals surface area contributed by atoms with Gasteiger partial charge in [0, 0.05) is 25.0 Å². The van der Waals surface area contributed by atoms with Gasteiger partial charge in [-0.1, -0.05) is 25.0 Å². The number of hydrogen-bond acceptors (Lipinski definition) is 2. The van der Waals surface area contributed by atoms with Gasteiger partial charge in [-0.3, -0.25) is 0 Å². The van der Waals surface area contributed by atoms with E-state index in [0.717, 1.165) is 26.1 Å². The van der Waals surface area contributed by atoms with E-state index in [4.69, 9.17) is 0 Å². The minimum atomic E-state index is 1.02. The highest BCUT2D eigenvalue weighted by Crippen LogP contribution is 2.11. The number of imidazole rings is 1. The number of nitrogens with zero attached hydrogens (tertiary/aromatic N) is 2. The second-order valence-electron chi connectivity index (χ2n) is 4.08. The number of hydrogen-bond donors (Lipinski definition) is 1. The first-order valence-electron chi connectivity index (χ1n) is 5.77. The second kappa shape index (κ2) is 5.12. The zero-order chi connectivity index (χ0) is 10.5. The molecule has 15 heavy (non-hydrogen) atoms. The van der Waals surface area contributed by atoms with Crippen molar-refractivity contribution in [2.75, 3.05) is 13.1 Å². The average Bonchev–Trinajstić information content (AvgIpc) is 2.68. The van der Waals surface area contributed by atoms with E-state index in [1.807, 2.05) is 12.5 Å². The summed E-state index contributed by atoms with van der Waals surface area (Å²) in [4.78, 5) is 4.23. The Morgan fingerprint density at radius 3 is 3.20 bits per heavy atom. The molecule has 3 nitrogen and oxygen atoms in total. The van der Waals surface area contributed by atoms with E-state index in [1.54, 1.807) is 0 Å². The van der Waals surface area contributed by atoms with Crippen molar-refractivity contribution < 1.29 is 0 Å². The van der Waals surface area contributed by atoms with Crippen molar-refractivity contribution in [1.29, 1.82) is 0 Å². The fourth-order valence-corrected chi connectivity index (χ4v) is 1.99. The van der Waals surface area contributed by atoms with Gasteiger partial charge in [-0.2, -0.15) is 0 Å². The smallest absolute Gasteiger partial charge is 0.0951 e. The van der Waals surface area contributed by atoms with Crippen molar-refractivity contribution in [1.82, 2.24) is 14.9 Å². The van der Waals surface area contributed by atoms with E-state index >= 15 is 0 Å². The molecule has 0 bridgehead atoms. The Kier molecular flexibility index (Phi) is 3.56. The third kappa shape index (κ3) is 2.69. The van der Waals surface area contributed by atoms with Gasteiger partial charge in [0.1, 0.15) is 0 Å². The molecule has 1 N–H and O–H groups in total. The molecule has 1 aromatic heterocycles.